The molecule has 1 heterocycles. The lowest BCUT2D eigenvalue weighted by molar-refractivity contribution is 0.00220. The third-order valence-electron chi connectivity index (χ3n) is 4.16. The van der Waals surface area contributed by atoms with E-state index in [0.29, 0.717) is 18.1 Å². The highest BCUT2D eigenvalue weighted by Crippen LogP contribution is 2.35. The number of methoxy groups -OCH3 is 1. The molecule has 0 amide bonds. The Bertz CT molecular complexity index is 448. The molecule has 0 bridgehead atoms. The first kappa shape index (κ1) is 15.3. The van der Waals surface area contributed by atoms with Crippen molar-refractivity contribution in [1.82, 2.24) is 9.97 Å². The molecule has 5 nitrogen and oxygen atoms in total. The molecule has 6 heteroatoms. The Labute approximate surface area is 124 Å². The first-order valence-corrected chi connectivity index (χ1v) is 7.46. The number of hydrogen-bond acceptors (Lipinski definition) is 5. The van der Waals surface area contributed by atoms with Crippen LogP contribution in [0.5, 0.6) is 5.75 Å². The second kappa shape index (κ2) is 6.59. The van der Waals surface area contributed by atoms with Crippen LogP contribution >= 0.6 is 11.6 Å². The summed E-state index contributed by atoms with van der Waals surface area (Å²) in [4.78, 5) is 7.98. The van der Waals surface area contributed by atoms with Crippen LogP contribution in [0, 0.1) is 5.92 Å². The zero-order valence-corrected chi connectivity index (χ0v) is 12.8. The van der Waals surface area contributed by atoms with E-state index < -0.39 is 5.60 Å². The normalized spacial score (nSPS) is 26.3. The van der Waals surface area contributed by atoms with Crippen molar-refractivity contribution >= 4 is 17.4 Å². The minimum Gasteiger partial charge on any atom is -0.490 e. The van der Waals surface area contributed by atoms with Crippen LogP contribution in [0.3, 0.4) is 0 Å². The maximum absolute atomic E-state index is 10.6. The van der Waals surface area contributed by atoms with Crippen molar-refractivity contribution in [1.29, 1.82) is 0 Å². The Morgan fingerprint density at radius 1 is 1.45 bits per heavy atom. The molecule has 1 aromatic rings. The summed E-state index contributed by atoms with van der Waals surface area (Å²) >= 11 is 5.95. The molecule has 1 aliphatic carbocycles. The predicted octanol–water partition coefficient (Wildman–Crippen LogP) is 2.88. The average Bonchev–Trinajstić information content (AvgIpc) is 2.46. The minimum absolute atomic E-state index is 0.270. The van der Waals surface area contributed by atoms with Gasteiger partial charge in [0.05, 0.1) is 12.7 Å². The number of nitrogens with one attached hydrogen (secondary N) is 1. The van der Waals surface area contributed by atoms with Crippen molar-refractivity contribution in [2.75, 3.05) is 19.0 Å². The summed E-state index contributed by atoms with van der Waals surface area (Å²) in [5.74, 6) is 1.69. The molecule has 0 radical (unpaired) electrons. The topological polar surface area (TPSA) is 67.3 Å². The Morgan fingerprint density at radius 2 is 2.15 bits per heavy atom. The summed E-state index contributed by atoms with van der Waals surface area (Å²) in [5, 5.41) is 14.0. The Morgan fingerprint density at radius 3 is 2.75 bits per heavy atom. The van der Waals surface area contributed by atoms with Crippen molar-refractivity contribution in [2.24, 2.45) is 5.92 Å². The lowest BCUT2D eigenvalue weighted by Gasteiger charge is -2.36. The average molecular weight is 300 g/mol. The number of nitrogens with zero attached hydrogens (tertiary/aromatic N) is 2. The first-order valence-electron chi connectivity index (χ1n) is 7.08. The fourth-order valence-electron chi connectivity index (χ4n) is 2.71. The van der Waals surface area contributed by atoms with Crippen LogP contribution in [-0.4, -0.2) is 34.3 Å². The molecule has 112 valence electrons. The lowest BCUT2D eigenvalue weighted by atomic mass is 9.78. The van der Waals surface area contributed by atoms with Crippen LogP contribution in [0.15, 0.2) is 6.33 Å². The van der Waals surface area contributed by atoms with Crippen molar-refractivity contribution in [3.63, 3.8) is 0 Å². The van der Waals surface area contributed by atoms with Crippen molar-refractivity contribution < 1.29 is 9.84 Å². The predicted molar refractivity (Wildman–Crippen MR) is 79.3 cm³/mol. The summed E-state index contributed by atoms with van der Waals surface area (Å²) < 4.78 is 5.18. The van der Waals surface area contributed by atoms with E-state index in [9.17, 15) is 5.11 Å². The molecule has 2 rings (SSSR count). The number of ether oxygens (including phenoxy) is 1. The second-order valence-electron chi connectivity index (χ2n) is 5.48. The molecule has 1 fully saturated rings. The van der Waals surface area contributed by atoms with Crippen molar-refractivity contribution in [3.8, 4) is 5.75 Å². The van der Waals surface area contributed by atoms with Crippen LogP contribution in [0.2, 0.25) is 5.15 Å². The van der Waals surface area contributed by atoms with Gasteiger partial charge in [-0.1, -0.05) is 24.9 Å². The summed E-state index contributed by atoms with van der Waals surface area (Å²) in [7, 11) is 1.52. The second-order valence-corrected chi connectivity index (χ2v) is 5.83. The number of hydrogen-bond donors (Lipinski definition) is 2. The summed E-state index contributed by atoms with van der Waals surface area (Å²) in [5.41, 5.74) is -0.673. The van der Waals surface area contributed by atoms with E-state index in [1.54, 1.807) is 0 Å². The Kier molecular flexibility index (Phi) is 5.05. The van der Waals surface area contributed by atoms with E-state index in [2.05, 4.69) is 22.2 Å². The molecule has 0 atom stereocenters. The van der Waals surface area contributed by atoms with Gasteiger partial charge in [0.1, 0.15) is 6.33 Å². The summed E-state index contributed by atoms with van der Waals surface area (Å²) in [6, 6.07) is 0. The van der Waals surface area contributed by atoms with Gasteiger partial charge in [-0.05, 0) is 31.6 Å². The monoisotopic (exact) mass is 299 g/mol. The van der Waals surface area contributed by atoms with Crippen LogP contribution in [-0.2, 0) is 0 Å². The molecule has 1 aromatic heterocycles. The highest BCUT2D eigenvalue weighted by Gasteiger charge is 2.32. The van der Waals surface area contributed by atoms with Gasteiger partial charge in [-0.3, -0.25) is 0 Å². The first-order chi connectivity index (χ1) is 9.58. The smallest absolute Gasteiger partial charge is 0.198 e. The van der Waals surface area contributed by atoms with Gasteiger partial charge in [-0.2, -0.15) is 0 Å². The molecule has 2 N–H and O–H groups in total. The van der Waals surface area contributed by atoms with Gasteiger partial charge in [-0.15, -0.1) is 0 Å². The quantitative estimate of drug-likeness (QED) is 0.818. The Balaban J connectivity index is 1.97. The maximum atomic E-state index is 10.6. The molecule has 0 unspecified atom stereocenters. The van der Waals surface area contributed by atoms with E-state index >= 15 is 0 Å². The molecule has 1 aliphatic rings. The van der Waals surface area contributed by atoms with Crippen molar-refractivity contribution in [3.05, 3.63) is 11.5 Å². The summed E-state index contributed by atoms with van der Waals surface area (Å²) in [6.45, 7) is 2.66. The van der Waals surface area contributed by atoms with E-state index in [1.807, 2.05) is 0 Å². The fourth-order valence-corrected chi connectivity index (χ4v) is 2.92. The van der Waals surface area contributed by atoms with E-state index in [1.165, 1.54) is 19.9 Å². The molecule has 0 spiro atoms. The van der Waals surface area contributed by atoms with Crippen LogP contribution in [0.4, 0.5) is 5.82 Å². The van der Waals surface area contributed by atoms with Gasteiger partial charge in [-0.25, -0.2) is 9.97 Å². The van der Waals surface area contributed by atoms with E-state index in [0.717, 1.165) is 31.6 Å². The van der Waals surface area contributed by atoms with Gasteiger partial charge in [0, 0.05) is 6.54 Å². The van der Waals surface area contributed by atoms with Gasteiger partial charge in [0.15, 0.2) is 16.7 Å². The maximum Gasteiger partial charge on any atom is 0.198 e. The molecular formula is C14H22ClN3O2. The molecule has 0 aromatic carbocycles. The largest absolute Gasteiger partial charge is 0.490 e. The zero-order chi connectivity index (χ0) is 14.6. The standard InChI is InChI=1S/C14H22ClN3O2/c1-3-10-4-6-14(19,7-5-10)8-16-13-11(20-2)12(15)17-9-18-13/h9-10,19H,3-8H2,1-2H3,(H,16,17,18). The highest BCUT2D eigenvalue weighted by atomic mass is 35.5. The van der Waals surface area contributed by atoms with Crippen molar-refractivity contribution in [2.45, 2.75) is 44.6 Å². The molecule has 0 saturated heterocycles. The van der Waals surface area contributed by atoms with E-state index in [4.69, 9.17) is 16.3 Å². The Hall–Kier alpha value is -1.07. The number of rotatable bonds is 5. The third kappa shape index (κ3) is 3.52. The summed E-state index contributed by atoms with van der Waals surface area (Å²) in [6.07, 6.45) is 6.37. The molecule has 1 saturated carbocycles. The van der Waals surface area contributed by atoms with E-state index in [-0.39, 0.29) is 5.15 Å². The highest BCUT2D eigenvalue weighted by molar-refractivity contribution is 6.31. The minimum atomic E-state index is -0.673. The van der Waals surface area contributed by atoms with Gasteiger partial charge in [0.2, 0.25) is 0 Å². The number of halogens is 1. The molecular weight excluding hydrogens is 278 g/mol. The molecule has 0 aliphatic heterocycles. The number of anilines is 1. The third-order valence-corrected chi connectivity index (χ3v) is 4.43. The van der Waals surface area contributed by atoms with Crippen LogP contribution < -0.4 is 10.1 Å². The number of aromatic nitrogens is 2. The lowest BCUT2D eigenvalue weighted by Crippen LogP contribution is -2.40. The fraction of sp³-hybridized carbons (Fsp3) is 0.714. The van der Waals surface area contributed by atoms with Gasteiger partial charge >= 0.3 is 0 Å². The molecule has 20 heavy (non-hydrogen) atoms. The van der Waals surface area contributed by atoms with Crippen LogP contribution in [0.1, 0.15) is 39.0 Å². The van der Waals surface area contributed by atoms with Gasteiger partial charge < -0.3 is 15.2 Å². The zero-order valence-electron chi connectivity index (χ0n) is 12.0. The van der Waals surface area contributed by atoms with Gasteiger partial charge in [0.25, 0.3) is 0 Å². The number of aliphatic hydroxyl groups is 1. The SMILES string of the molecule is CCC1CCC(O)(CNc2ncnc(Cl)c2OC)CC1. The van der Waals surface area contributed by atoms with Crippen LogP contribution in [0.25, 0.3) is 0 Å².